The third-order valence-corrected chi connectivity index (χ3v) is 5.24. The Labute approximate surface area is 128 Å². The SMILES string of the molecule is C=C(CS(=O)(=O)c1ccc(C)cc1)c1ccc(Br)cc1. The zero-order valence-electron chi connectivity index (χ0n) is 11.1. The molecular formula is C16H15BrO2S. The second-order valence-corrected chi connectivity index (χ2v) is 7.59. The molecule has 0 aliphatic carbocycles. The third-order valence-electron chi connectivity index (χ3n) is 3.00. The zero-order chi connectivity index (χ0) is 14.8. The number of hydrogen-bond donors (Lipinski definition) is 0. The maximum atomic E-state index is 12.3. The van der Waals surface area contributed by atoms with Gasteiger partial charge in [-0.05, 0) is 42.3 Å². The van der Waals surface area contributed by atoms with Gasteiger partial charge < -0.3 is 0 Å². The highest BCUT2D eigenvalue weighted by Crippen LogP contribution is 2.21. The fourth-order valence-electron chi connectivity index (χ4n) is 1.83. The second-order valence-electron chi connectivity index (χ2n) is 4.68. The lowest BCUT2D eigenvalue weighted by Crippen LogP contribution is -2.08. The first-order chi connectivity index (χ1) is 9.38. The van der Waals surface area contributed by atoms with Crippen LogP contribution in [0.1, 0.15) is 11.1 Å². The van der Waals surface area contributed by atoms with Crippen molar-refractivity contribution in [1.82, 2.24) is 0 Å². The Morgan fingerprint density at radius 3 is 2.15 bits per heavy atom. The van der Waals surface area contributed by atoms with Crippen molar-refractivity contribution in [2.45, 2.75) is 11.8 Å². The fourth-order valence-corrected chi connectivity index (χ4v) is 3.43. The molecule has 0 saturated heterocycles. The van der Waals surface area contributed by atoms with E-state index in [1.165, 1.54) is 0 Å². The summed E-state index contributed by atoms with van der Waals surface area (Å²) in [5.41, 5.74) is 2.47. The summed E-state index contributed by atoms with van der Waals surface area (Å²) in [6, 6.07) is 14.3. The van der Waals surface area contributed by atoms with E-state index in [0.717, 1.165) is 15.6 Å². The van der Waals surface area contributed by atoms with Crippen molar-refractivity contribution >= 4 is 31.3 Å². The minimum atomic E-state index is -3.35. The fraction of sp³-hybridized carbons (Fsp3) is 0.125. The van der Waals surface area contributed by atoms with Crippen LogP contribution >= 0.6 is 15.9 Å². The molecule has 2 aromatic carbocycles. The highest BCUT2D eigenvalue weighted by atomic mass is 79.9. The topological polar surface area (TPSA) is 34.1 Å². The van der Waals surface area contributed by atoms with Gasteiger partial charge in [-0.2, -0.15) is 0 Å². The van der Waals surface area contributed by atoms with Gasteiger partial charge >= 0.3 is 0 Å². The van der Waals surface area contributed by atoms with Crippen LogP contribution in [-0.2, 0) is 9.84 Å². The monoisotopic (exact) mass is 350 g/mol. The standard InChI is InChI=1S/C16H15BrO2S/c1-12-3-9-16(10-4-12)20(18,19)11-13(2)14-5-7-15(17)8-6-14/h3-10H,2,11H2,1H3. The van der Waals surface area contributed by atoms with Crippen LogP contribution in [-0.4, -0.2) is 14.2 Å². The van der Waals surface area contributed by atoms with Crippen LogP contribution in [0.15, 0.2) is 64.5 Å². The lowest BCUT2D eigenvalue weighted by Gasteiger charge is -2.08. The van der Waals surface area contributed by atoms with Gasteiger partial charge in [0.2, 0.25) is 0 Å². The van der Waals surface area contributed by atoms with Crippen LogP contribution in [0.3, 0.4) is 0 Å². The average Bonchev–Trinajstić information content (AvgIpc) is 2.39. The van der Waals surface area contributed by atoms with Gasteiger partial charge in [0.1, 0.15) is 0 Å². The number of sulfone groups is 1. The Hall–Kier alpha value is -1.39. The molecule has 20 heavy (non-hydrogen) atoms. The Morgan fingerprint density at radius 2 is 1.60 bits per heavy atom. The zero-order valence-corrected chi connectivity index (χ0v) is 13.5. The normalized spacial score (nSPS) is 11.3. The molecule has 0 unspecified atom stereocenters. The van der Waals surface area contributed by atoms with Crippen LogP contribution in [0.25, 0.3) is 5.57 Å². The molecule has 0 aromatic heterocycles. The van der Waals surface area contributed by atoms with Gasteiger partial charge in [-0.15, -0.1) is 0 Å². The molecule has 0 saturated carbocycles. The molecular weight excluding hydrogens is 336 g/mol. The van der Waals surface area contributed by atoms with Gasteiger partial charge in [0.05, 0.1) is 10.6 Å². The molecule has 2 aromatic rings. The maximum absolute atomic E-state index is 12.3. The summed E-state index contributed by atoms with van der Waals surface area (Å²) >= 11 is 3.35. The van der Waals surface area contributed by atoms with Crippen molar-refractivity contribution in [3.05, 3.63) is 70.7 Å². The molecule has 2 nitrogen and oxygen atoms in total. The molecule has 0 aliphatic heterocycles. The van der Waals surface area contributed by atoms with Crippen molar-refractivity contribution in [3.63, 3.8) is 0 Å². The Morgan fingerprint density at radius 1 is 1.05 bits per heavy atom. The summed E-state index contributed by atoms with van der Waals surface area (Å²) < 4.78 is 25.6. The van der Waals surface area contributed by atoms with Gasteiger partial charge in [0.15, 0.2) is 9.84 Å². The van der Waals surface area contributed by atoms with Gasteiger partial charge in [-0.3, -0.25) is 0 Å². The minimum absolute atomic E-state index is 0.0717. The highest BCUT2D eigenvalue weighted by Gasteiger charge is 2.16. The Kier molecular flexibility index (Phi) is 4.45. The summed E-state index contributed by atoms with van der Waals surface area (Å²) in [5.74, 6) is -0.0717. The molecule has 0 spiro atoms. The first-order valence-corrected chi connectivity index (χ1v) is 8.56. The lowest BCUT2D eigenvalue weighted by molar-refractivity contribution is 0.599. The van der Waals surface area contributed by atoms with Crippen molar-refractivity contribution in [2.75, 3.05) is 5.75 Å². The molecule has 0 radical (unpaired) electrons. The van der Waals surface area contributed by atoms with Crippen molar-refractivity contribution < 1.29 is 8.42 Å². The van der Waals surface area contributed by atoms with Gasteiger partial charge in [-0.25, -0.2) is 8.42 Å². The Bertz CT molecular complexity index is 714. The number of hydrogen-bond acceptors (Lipinski definition) is 2. The second kappa shape index (κ2) is 5.94. The van der Waals surface area contributed by atoms with Gasteiger partial charge in [0.25, 0.3) is 0 Å². The molecule has 0 fully saturated rings. The van der Waals surface area contributed by atoms with E-state index in [2.05, 4.69) is 22.5 Å². The van der Waals surface area contributed by atoms with Crippen molar-refractivity contribution in [3.8, 4) is 0 Å². The predicted octanol–water partition coefficient (Wildman–Crippen LogP) is 4.24. The molecule has 0 N–H and O–H groups in total. The third kappa shape index (κ3) is 3.58. The predicted molar refractivity (Wildman–Crippen MR) is 86.4 cm³/mol. The van der Waals surface area contributed by atoms with Crippen molar-refractivity contribution in [1.29, 1.82) is 0 Å². The molecule has 0 heterocycles. The summed E-state index contributed by atoms with van der Waals surface area (Å²) in [6.45, 7) is 5.82. The van der Waals surface area contributed by atoms with Crippen LogP contribution in [0.5, 0.6) is 0 Å². The summed E-state index contributed by atoms with van der Waals surface area (Å²) in [6.07, 6.45) is 0. The van der Waals surface area contributed by atoms with E-state index in [4.69, 9.17) is 0 Å². The first-order valence-electron chi connectivity index (χ1n) is 6.11. The lowest BCUT2D eigenvalue weighted by atomic mass is 10.1. The number of benzene rings is 2. The van der Waals surface area contributed by atoms with Crippen LogP contribution < -0.4 is 0 Å². The van der Waals surface area contributed by atoms with Crippen LogP contribution in [0, 0.1) is 6.92 Å². The maximum Gasteiger partial charge on any atom is 0.182 e. The molecule has 2 rings (SSSR count). The van der Waals surface area contributed by atoms with Crippen LogP contribution in [0.4, 0.5) is 0 Å². The van der Waals surface area contributed by atoms with Crippen molar-refractivity contribution in [2.24, 2.45) is 0 Å². The quantitative estimate of drug-likeness (QED) is 0.826. The van der Waals surface area contributed by atoms with E-state index < -0.39 is 9.84 Å². The van der Waals surface area contributed by atoms with Crippen LogP contribution in [0.2, 0.25) is 0 Å². The smallest absolute Gasteiger partial charge is 0.182 e. The average molecular weight is 351 g/mol. The highest BCUT2D eigenvalue weighted by molar-refractivity contribution is 9.10. The van der Waals surface area contributed by atoms with Gasteiger partial charge in [-0.1, -0.05) is 52.3 Å². The molecule has 4 heteroatoms. The minimum Gasteiger partial charge on any atom is -0.223 e. The first kappa shape index (κ1) is 15.0. The summed E-state index contributed by atoms with van der Waals surface area (Å²) in [5, 5.41) is 0. The molecule has 104 valence electrons. The van der Waals surface area contributed by atoms with E-state index in [9.17, 15) is 8.42 Å². The molecule has 0 amide bonds. The number of aryl methyl sites for hydroxylation is 1. The van der Waals surface area contributed by atoms with E-state index >= 15 is 0 Å². The number of halogens is 1. The summed E-state index contributed by atoms with van der Waals surface area (Å²) in [4.78, 5) is 0.335. The summed E-state index contributed by atoms with van der Waals surface area (Å²) in [7, 11) is -3.35. The molecule has 0 aliphatic rings. The molecule has 0 bridgehead atoms. The van der Waals surface area contributed by atoms with E-state index in [1.54, 1.807) is 24.3 Å². The Balaban J connectivity index is 2.22. The van der Waals surface area contributed by atoms with E-state index in [0.29, 0.717) is 10.5 Å². The molecule has 0 atom stereocenters. The van der Waals surface area contributed by atoms with E-state index in [-0.39, 0.29) is 5.75 Å². The largest absolute Gasteiger partial charge is 0.223 e. The number of rotatable bonds is 4. The van der Waals surface area contributed by atoms with Gasteiger partial charge in [0, 0.05) is 4.47 Å². The van der Waals surface area contributed by atoms with E-state index in [1.807, 2.05) is 31.2 Å².